The Morgan fingerprint density at radius 3 is 2.88 bits per heavy atom. The maximum absolute atomic E-state index is 10.7. The number of non-ortho nitro benzene ring substituents is 1. The first-order valence-corrected chi connectivity index (χ1v) is 5.37. The van der Waals surface area contributed by atoms with Gasteiger partial charge in [0.15, 0.2) is 5.82 Å². The highest BCUT2D eigenvalue weighted by atomic mass is 35.5. The normalized spacial score (nSPS) is 10.2. The van der Waals surface area contributed by atoms with Crippen LogP contribution in [0.5, 0.6) is 0 Å². The summed E-state index contributed by atoms with van der Waals surface area (Å²) in [5.74, 6) is 0.719. The van der Waals surface area contributed by atoms with Crippen molar-refractivity contribution in [1.82, 2.24) is 9.97 Å². The number of aromatic nitrogens is 2. The van der Waals surface area contributed by atoms with E-state index in [1.165, 1.54) is 12.1 Å². The molecule has 17 heavy (non-hydrogen) atoms. The fourth-order valence-electron chi connectivity index (χ4n) is 1.37. The van der Waals surface area contributed by atoms with Crippen LogP contribution in [0.2, 0.25) is 0 Å². The molecule has 1 aromatic heterocycles. The van der Waals surface area contributed by atoms with Gasteiger partial charge < -0.3 is 0 Å². The van der Waals surface area contributed by atoms with Gasteiger partial charge >= 0.3 is 0 Å². The van der Waals surface area contributed by atoms with Crippen molar-refractivity contribution in [2.75, 3.05) is 0 Å². The van der Waals surface area contributed by atoms with Crippen LogP contribution >= 0.6 is 11.6 Å². The van der Waals surface area contributed by atoms with E-state index >= 15 is 0 Å². The Kier molecular flexibility index (Phi) is 3.30. The van der Waals surface area contributed by atoms with Crippen molar-refractivity contribution >= 4 is 17.3 Å². The van der Waals surface area contributed by atoms with Crippen molar-refractivity contribution < 1.29 is 4.92 Å². The summed E-state index contributed by atoms with van der Waals surface area (Å²) < 4.78 is 0. The Labute approximate surface area is 102 Å². The molecule has 0 saturated carbocycles. The average molecular weight is 250 g/mol. The lowest BCUT2D eigenvalue weighted by atomic mass is 10.2. The minimum absolute atomic E-state index is 0.0161. The maximum atomic E-state index is 10.7. The van der Waals surface area contributed by atoms with E-state index in [0.717, 1.165) is 0 Å². The Morgan fingerprint density at radius 1 is 1.35 bits per heavy atom. The van der Waals surface area contributed by atoms with E-state index in [1.807, 2.05) is 0 Å². The second-order valence-electron chi connectivity index (χ2n) is 3.31. The average Bonchev–Trinajstić information content (AvgIpc) is 2.39. The number of nitro groups is 1. The van der Waals surface area contributed by atoms with E-state index in [1.54, 1.807) is 24.4 Å². The van der Waals surface area contributed by atoms with Gasteiger partial charge in [-0.2, -0.15) is 0 Å². The molecule has 1 aromatic carbocycles. The highest BCUT2D eigenvalue weighted by Crippen LogP contribution is 2.20. The van der Waals surface area contributed by atoms with Crippen LogP contribution in [0.25, 0.3) is 11.4 Å². The first kappa shape index (κ1) is 11.5. The lowest BCUT2D eigenvalue weighted by molar-refractivity contribution is -0.384. The van der Waals surface area contributed by atoms with Gasteiger partial charge in [0.1, 0.15) is 0 Å². The third-order valence-corrected chi connectivity index (χ3v) is 2.44. The minimum Gasteiger partial charge on any atom is -0.258 e. The first-order valence-electron chi connectivity index (χ1n) is 4.83. The summed E-state index contributed by atoms with van der Waals surface area (Å²) in [6.45, 7) is 0. The largest absolute Gasteiger partial charge is 0.270 e. The van der Waals surface area contributed by atoms with Gasteiger partial charge in [0.05, 0.1) is 16.5 Å². The van der Waals surface area contributed by atoms with Crippen LogP contribution in [0.15, 0.2) is 36.5 Å². The zero-order valence-corrected chi connectivity index (χ0v) is 9.46. The molecule has 0 atom stereocenters. The number of benzene rings is 1. The molecule has 0 aliphatic carbocycles. The summed E-state index contributed by atoms with van der Waals surface area (Å²) in [5, 5.41) is 10.7. The summed E-state index contributed by atoms with van der Waals surface area (Å²) in [6.07, 6.45) is 1.58. The van der Waals surface area contributed by atoms with Crippen molar-refractivity contribution in [2.45, 2.75) is 5.88 Å². The third kappa shape index (κ3) is 2.57. The highest BCUT2D eigenvalue weighted by molar-refractivity contribution is 6.16. The van der Waals surface area contributed by atoms with Crippen molar-refractivity contribution in [1.29, 1.82) is 0 Å². The Bertz CT molecular complexity index is 560. The molecule has 0 radical (unpaired) electrons. The molecule has 86 valence electrons. The Balaban J connectivity index is 2.45. The van der Waals surface area contributed by atoms with Crippen molar-refractivity contribution in [3.05, 3.63) is 52.3 Å². The number of nitro benzene ring substituents is 1. The van der Waals surface area contributed by atoms with Crippen LogP contribution in [-0.2, 0) is 5.88 Å². The number of halogens is 1. The van der Waals surface area contributed by atoms with Crippen molar-refractivity contribution in [2.24, 2.45) is 0 Å². The second kappa shape index (κ2) is 4.88. The SMILES string of the molecule is O=[N+]([O-])c1cccc(-c2nccc(CCl)n2)c1. The van der Waals surface area contributed by atoms with Crippen molar-refractivity contribution in [3.8, 4) is 11.4 Å². The third-order valence-electron chi connectivity index (χ3n) is 2.17. The number of hydrogen-bond acceptors (Lipinski definition) is 4. The monoisotopic (exact) mass is 249 g/mol. The zero-order valence-electron chi connectivity index (χ0n) is 8.71. The Morgan fingerprint density at radius 2 is 2.18 bits per heavy atom. The predicted molar refractivity (Wildman–Crippen MR) is 63.7 cm³/mol. The zero-order chi connectivity index (χ0) is 12.3. The molecular formula is C11H8ClN3O2. The molecule has 6 heteroatoms. The standard InChI is InChI=1S/C11H8ClN3O2/c12-7-9-4-5-13-11(14-9)8-2-1-3-10(6-8)15(16)17/h1-6H,7H2. The van der Waals surface area contributed by atoms with Crippen molar-refractivity contribution in [3.63, 3.8) is 0 Å². The van der Waals surface area contributed by atoms with Gasteiger partial charge in [0.25, 0.3) is 5.69 Å². The highest BCUT2D eigenvalue weighted by Gasteiger charge is 2.09. The first-order chi connectivity index (χ1) is 8.20. The molecule has 0 bridgehead atoms. The molecule has 0 spiro atoms. The molecule has 0 aliphatic rings. The second-order valence-corrected chi connectivity index (χ2v) is 3.58. The number of nitrogens with zero attached hydrogens (tertiary/aromatic N) is 3. The number of hydrogen-bond donors (Lipinski definition) is 0. The summed E-state index contributed by atoms with van der Waals surface area (Å²) in [5.41, 5.74) is 1.30. The van der Waals surface area contributed by atoms with E-state index < -0.39 is 4.92 Å². The van der Waals surface area contributed by atoms with Crippen LogP contribution < -0.4 is 0 Å². The van der Waals surface area contributed by atoms with E-state index in [4.69, 9.17) is 11.6 Å². The molecule has 2 rings (SSSR count). The molecule has 0 N–H and O–H groups in total. The van der Waals surface area contributed by atoms with Crippen LogP contribution in [0, 0.1) is 10.1 Å². The fraction of sp³-hybridized carbons (Fsp3) is 0.0909. The van der Waals surface area contributed by atoms with E-state index in [0.29, 0.717) is 17.1 Å². The number of alkyl halides is 1. The topological polar surface area (TPSA) is 68.9 Å². The summed E-state index contributed by atoms with van der Waals surface area (Å²) in [7, 11) is 0. The minimum atomic E-state index is -0.450. The summed E-state index contributed by atoms with van der Waals surface area (Å²) in [4.78, 5) is 18.5. The van der Waals surface area contributed by atoms with Crippen LogP contribution in [0.4, 0.5) is 5.69 Å². The molecule has 0 fully saturated rings. The van der Waals surface area contributed by atoms with Gasteiger partial charge in [-0.25, -0.2) is 9.97 Å². The predicted octanol–water partition coefficient (Wildman–Crippen LogP) is 2.79. The smallest absolute Gasteiger partial charge is 0.258 e. The molecule has 0 amide bonds. The van der Waals surface area contributed by atoms with Crippen LogP contribution in [0.3, 0.4) is 0 Å². The lowest BCUT2D eigenvalue weighted by Crippen LogP contribution is -1.94. The van der Waals surface area contributed by atoms with Crippen LogP contribution in [0.1, 0.15) is 5.69 Å². The Hall–Kier alpha value is -2.01. The molecule has 0 saturated heterocycles. The fourth-order valence-corrected chi connectivity index (χ4v) is 1.52. The molecular weight excluding hydrogens is 242 g/mol. The molecule has 0 unspecified atom stereocenters. The summed E-state index contributed by atoms with van der Waals surface area (Å²) in [6, 6.07) is 7.89. The summed E-state index contributed by atoms with van der Waals surface area (Å²) >= 11 is 5.67. The van der Waals surface area contributed by atoms with Gasteiger partial charge in [-0.1, -0.05) is 12.1 Å². The number of rotatable bonds is 3. The van der Waals surface area contributed by atoms with E-state index in [9.17, 15) is 10.1 Å². The molecule has 5 nitrogen and oxygen atoms in total. The molecule has 1 heterocycles. The van der Waals surface area contributed by atoms with E-state index in [2.05, 4.69) is 9.97 Å². The van der Waals surface area contributed by atoms with E-state index in [-0.39, 0.29) is 11.6 Å². The lowest BCUT2D eigenvalue weighted by Gasteiger charge is -2.01. The molecule has 0 aliphatic heterocycles. The quantitative estimate of drug-likeness (QED) is 0.476. The van der Waals surface area contributed by atoms with Gasteiger partial charge in [-0.15, -0.1) is 11.6 Å². The maximum Gasteiger partial charge on any atom is 0.270 e. The van der Waals surface area contributed by atoms with Gasteiger partial charge in [0.2, 0.25) is 0 Å². The molecule has 2 aromatic rings. The van der Waals surface area contributed by atoms with Gasteiger partial charge in [-0.3, -0.25) is 10.1 Å². The van der Waals surface area contributed by atoms with Crippen LogP contribution in [-0.4, -0.2) is 14.9 Å². The van der Waals surface area contributed by atoms with Gasteiger partial charge in [0, 0.05) is 23.9 Å². The van der Waals surface area contributed by atoms with Gasteiger partial charge in [-0.05, 0) is 6.07 Å².